The molecule has 0 fully saturated rings. The first-order valence-corrected chi connectivity index (χ1v) is 5.09. The van der Waals surface area contributed by atoms with Gasteiger partial charge in [-0.1, -0.05) is 11.6 Å². The monoisotopic (exact) mass is 225 g/mol. The van der Waals surface area contributed by atoms with Crippen LogP contribution in [0.25, 0.3) is 0 Å². The minimum absolute atomic E-state index is 0.553. The third kappa shape index (κ3) is 2.73. The lowest BCUT2D eigenvalue weighted by molar-refractivity contribution is 0.502. The second kappa shape index (κ2) is 4.35. The molecule has 0 saturated heterocycles. The van der Waals surface area contributed by atoms with Crippen molar-refractivity contribution in [3.05, 3.63) is 29.7 Å². The molecule has 0 amide bonds. The van der Waals surface area contributed by atoms with Gasteiger partial charge >= 0.3 is 0 Å². The lowest BCUT2D eigenvalue weighted by Gasteiger charge is -2.01. The van der Waals surface area contributed by atoms with Gasteiger partial charge in [-0.15, -0.1) is 0 Å². The summed E-state index contributed by atoms with van der Waals surface area (Å²) in [5, 5.41) is 8.83. The first-order valence-electron chi connectivity index (χ1n) is 4.71. The molecule has 0 spiro atoms. The van der Waals surface area contributed by atoms with Crippen LogP contribution in [0.2, 0.25) is 5.02 Å². The number of aryl methyl sites for hydroxylation is 2. The largest absolute Gasteiger partial charge is 0.382 e. The van der Waals surface area contributed by atoms with Crippen molar-refractivity contribution >= 4 is 17.4 Å². The van der Waals surface area contributed by atoms with E-state index in [0.717, 1.165) is 19.5 Å². The van der Waals surface area contributed by atoms with Gasteiger partial charge in [-0.3, -0.25) is 9.36 Å². The molecular weight excluding hydrogens is 214 g/mol. The molecule has 0 aliphatic rings. The van der Waals surface area contributed by atoms with E-state index in [-0.39, 0.29) is 0 Å². The van der Waals surface area contributed by atoms with Gasteiger partial charge in [0, 0.05) is 25.5 Å². The fraction of sp³-hybridized carbons (Fsp3) is 0.333. The fourth-order valence-corrected chi connectivity index (χ4v) is 1.51. The standard InChI is InChI=1S/C9H12ClN5/c10-8-6-12-15(7-8)4-1-3-14-5-2-9(11)13-14/h2,5-7H,1,3-4H2,(H2,11,13). The molecule has 0 aliphatic carbocycles. The molecule has 2 aromatic heterocycles. The zero-order chi connectivity index (χ0) is 10.7. The van der Waals surface area contributed by atoms with Crippen LogP contribution in [0.1, 0.15) is 6.42 Å². The Labute approximate surface area is 92.4 Å². The zero-order valence-corrected chi connectivity index (χ0v) is 8.93. The predicted octanol–water partition coefficient (Wildman–Crippen LogP) is 1.41. The Kier molecular flexibility index (Phi) is 2.91. The number of hydrogen-bond donors (Lipinski definition) is 1. The van der Waals surface area contributed by atoms with Crippen LogP contribution in [0.3, 0.4) is 0 Å². The highest BCUT2D eigenvalue weighted by atomic mass is 35.5. The summed E-state index contributed by atoms with van der Waals surface area (Å²) < 4.78 is 3.63. The maximum Gasteiger partial charge on any atom is 0.145 e. The van der Waals surface area contributed by atoms with E-state index in [0.29, 0.717) is 10.8 Å². The number of aromatic nitrogens is 4. The van der Waals surface area contributed by atoms with E-state index in [2.05, 4.69) is 10.2 Å². The van der Waals surface area contributed by atoms with Gasteiger partial charge in [-0.2, -0.15) is 10.2 Å². The topological polar surface area (TPSA) is 61.7 Å². The Morgan fingerprint density at radius 3 is 2.73 bits per heavy atom. The van der Waals surface area contributed by atoms with Crippen molar-refractivity contribution in [2.75, 3.05) is 5.73 Å². The van der Waals surface area contributed by atoms with E-state index in [1.54, 1.807) is 18.5 Å². The highest BCUT2D eigenvalue weighted by molar-refractivity contribution is 6.30. The molecule has 2 heterocycles. The number of hydrogen-bond acceptors (Lipinski definition) is 3. The summed E-state index contributed by atoms with van der Waals surface area (Å²) in [6.07, 6.45) is 6.25. The molecule has 2 aromatic rings. The van der Waals surface area contributed by atoms with Crippen molar-refractivity contribution in [2.45, 2.75) is 19.5 Å². The van der Waals surface area contributed by atoms with Gasteiger partial charge in [0.2, 0.25) is 0 Å². The molecule has 6 heteroatoms. The van der Waals surface area contributed by atoms with Gasteiger partial charge < -0.3 is 5.73 Å². The second-order valence-corrected chi connectivity index (χ2v) is 3.72. The molecule has 2 N–H and O–H groups in total. The third-order valence-electron chi connectivity index (χ3n) is 2.04. The lowest BCUT2D eigenvalue weighted by atomic mass is 10.4. The van der Waals surface area contributed by atoms with Crippen molar-refractivity contribution in [3.8, 4) is 0 Å². The molecule has 5 nitrogen and oxygen atoms in total. The third-order valence-corrected chi connectivity index (χ3v) is 2.23. The Morgan fingerprint density at radius 2 is 2.13 bits per heavy atom. The van der Waals surface area contributed by atoms with Gasteiger partial charge in [-0.05, 0) is 12.5 Å². The first kappa shape index (κ1) is 10.0. The molecule has 0 aliphatic heterocycles. The van der Waals surface area contributed by atoms with Crippen LogP contribution in [0.5, 0.6) is 0 Å². The van der Waals surface area contributed by atoms with Gasteiger partial charge in [-0.25, -0.2) is 0 Å². The normalized spacial score (nSPS) is 10.7. The van der Waals surface area contributed by atoms with E-state index < -0.39 is 0 Å². The number of halogens is 1. The van der Waals surface area contributed by atoms with Crippen LogP contribution in [-0.2, 0) is 13.1 Å². The van der Waals surface area contributed by atoms with Crippen molar-refractivity contribution in [1.82, 2.24) is 19.6 Å². The summed E-state index contributed by atoms with van der Waals surface area (Å²) in [6.45, 7) is 1.65. The number of anilines is 1. The highest BCUT2D eigenvalue weighted by Crippen LogP contribution is 2.05. The molecule has 0 aromatic carbocycles. The first-order chi connectivity index (χ1) is 7.24. The molecule has 0 radical (unpaired) electrons. The number of nitrogen functional groups attached to an aromatic ring is 1. The van der Waals surface area contributed by atoms with Gasteiger partial charge in [0.25, 0.3) is 0 Å². The fourth-order valence-electron chi connectivity index (χ4n) is 1.36. The zero-order valence-electron chi connectivity index (χ0n) is 8.17. The second-order valence-electron chi connectivity index (χ2n) is 3.28. The van der Waals surface area contributed by atoms with Crippen LogP contribution in [0.4, 0.5) is 5.82 Å². The van der Waals surface area contributed by atoms with Crippen LogP contribution < -0.4 is 5.73 Å². The molecule has 15 heavy (non-hydrogen) atoms. The molecular formula is C9H12ClN5. The van der Waals surface area contributed by atoms with E-state index in [4.69, 9.17) is 17.3 Å². The van der Waals surface area contributed by atoms with Crippen molar-refractivity contribution in [2.24, 2.45) is 0 Å². The van der Waals surface area contributed by atoms with Crippen molar-refractivity contribution < 1.29 is 0 Å². The summed E-state index contributed by atoms with van der Waals surface area (Å²) in [5.41, 5.74) is 5.50. The van der Waals surface area contributed by atoms with E-state index in [1.165, 1.54) is 0 Å². The molecule has 80 valence electrons. The highest BCUT2D eigenvalue weighted by Gasteiger charge is 1.97. The van der Waals surface area contributed by atoms with Crippen molar-refractivity contribution in [3.63, 3.8) is 0 Å². The number of nitrogens with two attached hydrogens (primary N) is 1. The van der Waals surface area contributed by atoms with E-state index in [1.807, 2.05) is 15.6 Å². The van der Waals surface area contributed by atoms with E-state index >= 15 is 0 Å². The maximum absolute atomic E-state index is 5.74. The predicted molar refractivity (Wildman–Crippen MR) is 58.5 cm³/mol. The molecule has 0 saturated carbocycles. The Balaban J connectivity index is 1.80. The lowest BCUT2D eigenvalue weighted by Crippen LogP contribution is -2.05. The summed E-state index contributed by atoms with van der Waals surface area (Å²) >= 11 is 5.74. The summed E-state index contributed by atoms with van der Waals surface area (Å²) in [7, 11) is 0. The van der Waals surface area contributed by atoms with Crippen molar-refractivity contribution in [1.29, 1.82) is 0 Å². The van der Waals surface area contributed by atoms with Crippen LogP contribution in [0.15, 0.2) is 24.7 Å². The average molecular weight is 226 g/mol. The molecule has 0 bridgehead atoms. The molecule has 2 rings (SSSR count). The minimum Gasteiger partial charge on any atom is -0.382 e. The Bertz CT molecular complexity index is 393. The summed E-state index contributed by atoms with van der Waals surface area (Å²) in [5.74, 6) is 0.553. The van der Waals surface area contributed by atoms with Gasteiger partial charge in [0.15, 0.2) is 0 Å². The summed E-state index contributed by atoms with van der Waals surface area (Å²) in [4.78, 5) is 0. The van der Waals surface area contributed by atoms with Crippen LogP contribution in [0, 0.1) is 0 Å². The Morgan fingerprint density at radius 1 is 1.33 bits per heavy atom. The number of nitrogens with zero attached hydrogens (tertiary/aromatic N) is 4. The van der Waals surface area contributed by atoms with E-state index in [9.17, 15) is 0 Å². The quantitative estimate of drug-likeness (QED) is 0.856. The maximum atomic E-state index is 5.74. The Hall–Kier alpha value is -1.49. The summed E-state index contributed by atoms with van der Waals surface area (Å²) in [6, 6.07) is 1.78. The molecule has 0 unspecified atom stereocenters. The van der Waals surface area contributed by atoms with Gasteiger partial charge in [0.1, 0.15) is 5.82 Å². The molecule has 0 atom stereocenters. The SMILES string of the molecule is Nc1ccn(CCCn2cc(Cl)cn2)n1. The number of rotatable bonds is 4. The minimum atomic E-state index is 0.553. The van der Waals surface area contributed by atoms with Crippen LogP contribution in [-0.4, -0.2) is 19.6 Å². The van der Waals surface area contributed by atoms with Gasteiger partial charge in [0.05, 0.1) is 11.2 Å². The van der Waals surface area contributed by atoms with Crippen LogP contribution >= 0.6 is 11.6 Å². The average Bonchev–Trinajstić information content (AvgIpc) is 2.76. The smallest absolute Gasteiger partial charge is 0.145 e.